The van der Waals surface area contributed by atoms with Gasteiger partial charge in [0.1, 0.15) is 0 Å². The van der Waals surface area contributed by atoms with E-state index in [2.05, 4.69) is 36.3 Å². The van der Waals surface area contributed by atoms with Gasteiger partial charge in [-0.3, -0.25) is 0 Å². The van der Waals surface area contributed by atoms with Crippen LogP contribution in [0.1, 0.15) is 29.5 Å². The molecule has 1 atom stereocenters. The Morgan fingerprint density at radius 1 is 1.21 bits per heavy atom. The number of aromatic amines is 1. The van der Waals surface area contributed by atoms with Crippen molar-refractivity contribution in [2.45, 2.75) is 26.2 Å². The number of nitrogens with two attached hydrogens (primary N) is 1. The molecule has 0 saturated carbocycles. The number of hydrogen-bond donors (Lipinski definition) is 3. The summed E-state index contributed by atoms with van der Waals surface area (Å²) >= 11 is 0. The summed E-state index contributed by atoms with van der Waals surface area (Å²) in [7, 11) is 0. The van der Waals surface area contributed by atoms with Gasteiger partial charge in [0.15, 0.2) is 11.5 Å². The molecule has 0 aliphatic carbocycles. The molecule has 3 rings (SSSR count). The van der Waals surface area contributed by atoms with Crippen molar-refractivity contribution in [1.82, 2.24) is 4.98 Å². The molecule has 4 nitrogen and oxygen atoms in total. The van der Waals surface area contributed by atoms with Crippen molar-refractivity contribution < 1.29 is 9.84 Å². The van der Waals surface area contributed by atoms with Gasteiger partial charge < -0.3 is 20.6 Å². The third kappa shape index (κ3) is 3.24. The largest absolute Gasteiger partial charge is 0.504 e. The van der Waals surface area contributed by atoms with Crippen molar-refractivity contribution in [3.63, 3.8) is 0 Å². The van der Waals surface area contributed by atoms with E-state index in [1.54, 1.807) is 6.07 Å². The molecule has 0 aliphatic rings. The van der Waals surface area contributed by atoms with Gasteiger partial charge in [-0.05, 0) is 62.2 Å². The molecule has 0 saturated heterocycles. The van der Waals surface area contributed by atoms with Crippen LogP contribution in [0.2, 0.25) is 0 Å². The number of aryl methyl sites for hydroxylation is 1. The monoisotopic (exact) mass is 324 g/mol. The third-order valence-electron chi connectivity index (χ3n) is 4.40. The van der Waals surface area contributed by atoms with Crippen molar-refractivity contribution in [3.05, 3.63) is 59.3 Å². The van der Waals surface area contributed by atoms with Crippen LogP contribution in [0.3, 0.4) is 0 Å². The minimum atomic E-state index is 0.174. The minimum Gasteiger partial charge on any atom is -0.504 e. The van der Waals surface area contributed by atoms with Crippen LogP contribution in [-0.2, 0) is 6.42 Å². The molecule has 0 aliphatic heterocycles. The molecule has 1 heterocycles. The van der Waals surface area contributed by atoms with Gasteiger partial charge in [0.2, 0.25) is 0 Å². The standard InChI is InChI=1S/C20H24N2O2/c1-3-24-20-10-14(5-7-19(20)23)9-15(11-21)17-12-22-18-6-4-13(2)8-16(17)18/h4-8,10,12,15,22-23H,3,9,11,21H2,1-2H3. The SMILES string of the molecule is CCOc1cc(CC(CN)c2c[nH]c3ccc(C)cc23)ccc1O. The topological polar surface area (TPSA) is 71.3 Å². The second-order valence-corrected chi connectivity index (χ2v) is 6.16. The Bertz CT molecular complexity index is 839. The van der Waals surface area contributed by atoms with Crippen LogP contribution in [0, 0.1) is 6.92 Å². The highest BCUT2D eigenvalue weighted by Gasteiger charge is 2.16. The first-order valence-corrected chi connectivity index (χ1v) is 8.34. The Labute approximate surface area is 142 Å². The lowest BCUT2D eigenvalue weighted by molar-refractivity contribution is 0.317. The van der Waals surface area contributed by atoms with Crippen LogP contribution >= 0.6 is 0 Å². The van der Waals surface area contributed by atoms with Crippen molar-refractivity contribution in [2.75, 3.05) is 13.2 Å². The number of rotatable bonds is 6. The van der Waals surface area contributed by atoms with Crippen LogP contribution < -0.4 is 10.5 Å². The number of aromatic nitrogens is 1. The minimum absolute atomic E-state index is 0.174. The van der Waals surface area contributed by atoms with Crippen molar-refractivity contribution in [3.8, 4) is 11.5 Å². The number of hydrogen-bond acceptors (Lipinski definition) is 3. The van der Waals surface area contributed by atoms with E-state index in [0.717, 1.165) is 17.5 Å². The first-order chi connectivity index (χ1) is 11.6. The summed E-state index contributed by atoms with van der Waals surface area (Å²) in [5.74, 6) is 0.910. The molecular weight excluding hydrogens is 300 g/mol. The summed E-state index contributed by atoms with van der Waals surface area (Å²) < 4.78 is 5.48. The molecule has 1 unspecified atom stereocenters. The predicted molar refractivity (Wildman–Crippen MR) is 97.8 cm³/mol. The van der Waals surface area contributed by atoms with E-state index in [0.29, 0.717) is 18.9 Å². The third-order valence-corrected chi connectivity index (χ3v) is 4.40. The number of fused-ring (bicyclic) bond motifs is 1. The van der Waals surface area contributed by atoms with Crippen molar-refractivity contribution in [2.24, 2.45) is 5.73 Å². The lowest BCUT2D eigenvalue weighted by atomic mass is 9.91. The van der Waals surface area contributed by atoms with Crippen molar-refractivity contribution >= 4 is 10.9 Å². The zero-order chi connectivity index (χ0) is 17.1. The fourth-order valence-corrected chi connectivity index (χ4v) is 3.16. The molecule has 0 fully saturated rings. The number of phenolic OH excluding ortho intramolecular Hbond substituents is 1. The summed E-state index contributed by atoms with van der Waals surface area (Å²) in [6.07, 6.45) is 2.86. The Hall–Kier alpha value is -2.46. The highest BCUT2D eigenvalue weighted by atomic mass is 16.5. The maximum Gasteiger partial charge on any atom is 0.161 e. The van der Waals surface area contributed by atoms with E-state index >= 15 is 0 Å². The first-order valence-electron chi connectivity index (χ1n) is 8.34. The van der Waals surface area contributed by atoms with E-state index in [9.17, 15) is 5.11 Å². The molecule has 0 bridgehead atoms. The molecule has 1 aromatic heterocycles. The van der Waals surface area contributed by atoms with Gasteiger partial charge >= 0.3 is 0 Å². The maximum absolute atomic E-state index is 9.86. The second kappa shape index (κ2) is 6.97. The zero-order valence-corrected chi connectivity index (χ0v) is 14.2. The van der Waals surface area contributed by atoms with Gasteiger partial charge in [0.25, 0.3) is 0 Å². The van der Waals surface area contributed by atoms with E-state index in [1.807, 2.05) is 19.1 Å². The molecular formula is C20H24N2O2. The average molecular weight is 324 g/mol. The smallest absolute Gasteiger partial charge is 0.161 e. The first kappa shape index (κ1) is 16.4. The quantitative estimate of drug-likeness (QED) is 0.644. The van der Waals surface area contributed by atoms with E-state index in [-0.39, 0.29) is 11.7 Å². The highest BCUT2D eigenvalue weighted by molar-refractivity contribution is 5.84. The Kier molecular flexibility index (Phi) is 4.76. The molecule has 24 heavy (non-hydrogen) atoms. The fraction of sp³-hybridized carbons (Fsp3) is 0.300. The van der Waals surface area contributed by atoms with Gasteiger partial charge in [-0.15, -0.1) is 0 Å². The van der Waals surface area contributed by atoms with E-state index in [4.69, 9.17) is 10.5 Å². The fourth-order valence-electron chi connectivity index (χ4n) is 3.16. The average Bonchev–Trinajstić information content (AvgIpc) is 2.98. The number of aromatic hydroxyl groups is 1. The van der Waals surface area contributed by atoms with Crippen molar-refractivity contribution in [1.29, 1.82) is 0 Å². The Balaban J connectivity index is 1.91. The Morgan fingerprint density at radius 2 is 2.04 bits per heavy atom. The number of benzene rings is 2. The van der Waals surface area contributed by atoms with E-state index in [1.165, 1.54) is 16.5 Å². The summed E-state index contributed by atoms with van der Waals surface area (Å²) in [5, 5.41) is 11.1. The number of nitrogens with one attached hydrogen (secondary N) is 1. The number of ether oxygens (including phenoxy) is 1. The van der Waals surface area contributed by atoms with Gasteiger partial charge in [0.05, 0.1) is 6.61 Å². The van der Waals surface area contributed by atoms with Crippen LogP contribution in [0.4, 0.5) is 0 Å². The van der Waals surface area contributed by atoms with Crippen LogP contribution in [-0.4, -0.2) is 23.2 Å². The highest BCUT2D eigenvalue weighted by Crippen LogP contribution is 2.32. The number of phenols is 1. The Morgan fingerprint density at radius 3 is 2.79 bits per heavy atom. The van der Waals surface area contributed by atoms with Gasteiger partial charge in [-0.1, -0.05) is 17.7 Å². The predicted octanol–water partition coefficient (Wildman–Crippen LogP) is 3.87. The molecule has 4 N–H and O–H groups in total. The maximum atomic E-state index is 9.86. The summed E-state index contributed by atoms with van der Waals surface area (Å²) in [5.41, 5.74) is 10.8. The number of H-pyrrole nitrogens is 1. The van der Waals surface area contributed by atoms with Crippen LogP contribution in [0.25, 0.3) is 10.9 Å². The van der Waals surface area contributed by atoms with Gasteiger partial charge in [0, 0.05) is 23.0 Å². The van der Waals surface area contributed by atoms with Crippen LogP contribution in [0.5, 0.6) is 11.5 Å². The zero-order valence-electron chi connectivity index (χ0n) is 14.2. The lowest BCUT2D eigenvalue weighted by Crippen LogP contribution is -2.15. The van der Waals surface area contributed by atoms with E-state index < -0.39 is 0 Å². The molecule has 0 radical (unpaired) electrons. The molecule has 126 valence electrons. The summed E-state index contributed by atoms with van der Waals surface area (Å²) in [6.45, 7) is 5.09. The summed E-state index contributed by atoms with van der Waals surface area (Å²) in [4.78, 5) is 3.34. The molecule has 4 heteroatoms. The van der Waals surface area contributed by atoms with Crippen LogP contribution in [0.15, 0.2) is 42.6 Å². The van der Waals surface area contributed by atoms with Gasteiger partial charge in [-0.25, -0.2) is 0 Å². The molecule has 2 aromatic carbocycles. The second-order valence-electron chi connectivity index (χ2n) is 6.16. The lowest BCUT2D eigenvalue weighted by Gasteiger charge is -2.16. The molecule has 3 aromatic rings. The summed E-state index contributed by atoms with van der Waals surface area (Å²) in [6, 6.07) is 11.9. The van der Waals surface area contributed by atoms with Gasteiger partial charge in [-0.2, -0.15) is 0 Å². The normalized spacial score (nSPS) is 12.5. The molecule has 0 amide bonds. The molecule has 0 spiro atoms.